The lowest BCUT2D eigenvalue weighted by atomic mass is 9.46. The van der Waals surface area contributed by atoms with Crippen molar-refractivity contribution in [3.63, 3.8) is 0 Å². The van der Waals surface area contributed by atoms with Crippen LogP contribution in [0.4, 0.5) is 0 Å². The third-order valence-electron chi connectivity index (χ3n) is 6.43. The van der Waals surface area contributed by atoms with E-state index in [4.69, 9.17) is 0 Å². The Morgan fingerprint density at radius 3 is 2.00 bits per heavy atom. The molecule has 2 aliphatic carbocycles. The van der Waals surface area contributed by atoms with Gasteiger partial charge >= 0.3 is 0 Å². The lowest BCUT2D eigenvalue weighted by Crippen LogP contribution is -2.54. The van der Waals surface area contributed by atoms with Crippen molar-refractivity contribution in [1.82, 2.24) is 9.80 Å². The molecule has 20 heavy (non-hydrogen) atoms. The van der Waals surface area contributed by atoms with E-state index in [0.29, 0.717) is 0 Å². The molecule has 3 fully saturated rings. The summed E-state index contributed by atoms with van der Waals surface area (Å²) < 4.78 is 0. The molecule has 0 aromatic heterocycles. The van der Waals surface area contributed by atoms with E-state index in [1.807, 2.05) is 0 Å². The predicted molar refractivity (Wildman–Crippen MR) is 85.9 cm³/mol. The highest BCUT2D eigenvalue weighted by Crippen LogP contribution is 2.62. The molecule has 3 rings (SSSR count). The van der Waals surface area contributed by atoms with Crippen LogP contribution < -0.4 is 0 Å². The normalized spacial score (nSPS) is 39.3. The van der Waals surface area contributed by atoms with Gasteiger partial charge < -0.3 is 4.90 Å². The Morgan fingerprint density at radius 2 is 1.50 bits per heavy atom. The van der Waals surface area contributed by atoms with Crippen molar-refractivity contribution in [2.24, 2.45) is 23.2 Å². The van der Waals surface area contributed by atoms with Crippen LogP contribution in [-0.2, 0) is 0 Å². The molecule has 1 aliphatic heterocycles. The topological polar surface area (TPSA) is 6.48 Å². The molecule has 0 unspecified atom stereocenters. The van der Waals surface area contributed by atoms with Crippen molar-refractivity contribution in [3.8, 4) is 0 Å². The van der Waals surface area contributed by atoms with Gasteiger partial charge in [-0.05, 0) is 62.7 Å². The molecule has 1 saturated heterocycles. The third kappa shape index (κ3) is 2.92. The third-order valence-corrected chi connectivity index (χ3v) is 6.43. The first kappa shape index (κ1) is 14.8. The van der Waals surface area contributed by atoms with Crippen LogP contribution in [0.1, 0.15) is 53.4 Å². The van der Waals surface area contributed by atoms with Gasteiger partial charge in [0.15, 0.2) is 0 Å². The van der Waals surface area contributed by atoms with E-state index < -0.39 is 0 Å². The van der Waals surface area contributed by atoms with E-state index in [-0.39, 0.29) is 0 Å². The van der Waals surface area contributed by atoms with Crippen molar-refractivity contribution >= 4 is 0 Å². The molecule has 2 heteroatoms. The van der Waals surface area contributed by atoms with Gasteiger partial charge in [-0.1, -0.05) is 13.8 Å². The molecule has 1 heterocycles. The van der Waals surface area contributed by atoms with Crippen LogP contribution in [0.25, 0.3) is 0 Å². The molecule has 0 aromatic carbocycles. The first-order valence-corrected chi connectivity index (χ1v) is 8.94. The lowest BCUT2D eigenvalue weighted by molar-refractivity contribution is -0.0922. The van der Waals surface area contributed by atoms with Crippen molar-refractivity contribution in [2.75, 3.05) is 32.7 Å². The van der Waals surface area contributed by atoms with Crippen LogP contribution in [0, 0.1) is 23.2 Å². The smallest absolute Gasteiger partial charge is 0.0113 e. The Kier molecular flexibility index (Phi) is 4.16. The minimum Gasteiger partial charge on any atom is -0.301 e. The summed E-state index contributed by atoms with van der Waals surface area (Å²) in [5, 5.41) is 0. The fourth-order valence-electron chi connectivity index (χ4n) is 4.98. The summed E-state index contributed by atoms with van der Waals surface area (Å²) in [6.07, 6.45) is 6.17. The van der Waals surface area contributed by atoms with Gasteiger partial charge in [0.1, 0.15) is 0 Å². The van der Waals surface area contributed by atoms with Crippen LogP contribution >= 0.6 is 0 Å². The fraction of sp³-hybridized carbons (Fsp3) is 1.00. The van der Waals surface area contributed by atoms with Crippen molar-refractivity contribution < 1.29 is 0 Å². The van der Waals surface area contributed by atoms with Crippen molar-refractivity contribution in [1.29, 1.82) is 0 Å². The summed E-state index contributed by atoms with van der Waals surface area (Å²) >= 11 is 0. The Bertz CT molecular complexity index is 314. The molecule has 0 aromatic rings. The number of hydrogen-bond donors (Lipinski definition) is 0. The molecule has 116 valence electrons. The standard InChI is InChI=1S/C18H34N2/c1-14(2)17-11-18(12-17)9-16(10-18)13-19-5-7-20(8-6-19)15(3)4/h14-17H,5-13H2,1-4H3. The Morgan fingerprint density at radius 1 is 0.900 bits per heavy atom. The summed E-state index contributed by atoms with van der Waals surface area (Å²) in [7, 11) is 0. The molecular weight excluding hydrogens is 244 g/mol. The van der Waals surface area contributed by atoms with Gasteiger partial charge in [-0.3, -0.25) is 4.90 Å². The van der Waals surface area contributed by atoms with Crippen LogP contribution in [0.2, 0.25) is 0 Å². The number of rotatable bonds is 4. The van der Waals surface area contributed by atoms with E-state index in [0.717, 1.165) is 29.2 Å². The molecule has 2 nitrogen and oxygen atoms in total. The zero-order chi connectivity index (χ0) is 14.3. The maximum atomic E-state index is 2.73. The molecule has 0 radical (unpaired) electrons. The van der Waals surface area contributed by atoms with E-state index in [2.05, 4.69) is 37.5 Å². The first-order chi connectivity index (χ1) is 9.47. The fourth-order valence-corrected chi connectivity index (χ4v) is 4.98. The summed E-state index contributed by atoms with van der Waals surface area (Å²) in [6.45, 7) is 16.0. The lowest BCUT2D eigenvalue weighted by Gasteiger charge is -2.60. The van der Waals surface area contributed by atoms with Gasteiger partial charge in [0.05, 0.1) is 0 Å². The quantitative estimate of drug-likeness (QED) is 0.777. The SMILES string of the molecule is CC(C)C1CC2(CC(CN3CCN(C(C)C)CC3)C2)C1. The van der Waals surface area contributed by atoms with Gasteiger partial charge in [0, 0.05) is 38.8 Å². The molecular formula is C18H34N2. The highest BCUT2D eigenvalue weighted by Gasteiger charge is 2.53. The van der Waals surface area contributed by atoms with E-state index in [1.165, 1.54) is 32.7 Å². The highest BCUT2D eigenvalue weighted by atomic mass is 15.3. The predicted octanol–water partition coefficient (Wildman–Crippen LogP) is 3.47. The maximum Gasteiger partial charge on any atom is 0.0113 e. The molecule has 1 spiro atoms. The van der Waals surface area contributed by atoms with Crippen molar-refractivity contribution in [3.05, 3.63) is 0 Å². The molecule has 0 amide bonds. The van der Waals surface area contributed by atoms with E-state index in [1.54, 1.807) is 25.7 Å². The summed E-state index contributed by atoms with van der Waals surface area (Å²) in [5.41, 5.74) is 0.819. The summed E-state index contributed by atoms with van der Waals surface area (Å²) in [6, 6.07) is 0.729. The van der Waals surface area contributed by atoms with Crippen LogP contribution in [-0.4, -0.2) is 48.6 Å². The second kappa shape index (κ2) is 5.61. The Hall–Kier alpha value is -0.0800. The van der Waals surface area contributed by atoms with Crippen LogP contribution in [0.5, 0.6) is 0 Å². The molecule has 0 N–H and O–H groups in total. The summed E-state index contributed by atoms with van der Waals surface area (Å²) in [4.78, 5) is 5.35. The van der Waals surface area contributed by atoms with Gasteiger partial charge in [0.25, 0.3) is 0 Å². The van der Waals surface area contributed by atoms with Gasteiger partial charge in [-0.25, -0.2) is 0 Å². The monoisotopic (exact) mass is 278 g/mol. The number of nitrogens with zero attached hydrogens (tertiary/aromatic N) is 2. The maximum absolute atomic E-state index is 2.73. The minimum absolute atomic E-state index is 0.729. The Balaban J connectivity index is 1.34. The second-order valence-electron chi connectivity index (χ2n) is 8.62. The average Bonchev–Trinajstić information content (AvgIpc) is 2.30. The van der Waals surface area contributed by atoms with Crippen molar-refractivity contribution in [2.45, 2.75) is 59.4 Å². The van der Waals surface area contributed by atoms with E-state index in [9.17, 15) is 0 Å². The largest absolute Gasteiger partial charge is 0.301 e. The van der Waals surface area contributed by atoms with Crippen LogP contribution in [0.3, 0.4) is 0 Å². The Labute approximate surface area is 125 Å². The summed E-state index contributed by atoms with van der Waals surface area (Å²) in [5.74, 6) is 2.99. The zero-order valence-electron chi connectivity index (χ0n) is 14.1. The zero-order valence-corrected chi connectivity index (χ0v) is 14.1. The average molecular weight is 278 g/mol. The molecule has 2 saturated carbocycles. The molecule has 0 bridgehead atoms. The van der Waals surface area contributed by atoms with Gasteiger partial charge in [0.2, 0.25) is 0 Å². The van der Waals surface area contributed by atoms with E-state index >= 15 is 0 Å². The van der Waals surface area contributed by atoms with Gasteiger partial charge in [-0.15, -0.1) is 0 Å². The van der Waals surface area contributed by atoms with Gasteiger partial charge in [-0.2, -0.15) is 0 Å². The minimum atomic E-state index is 0.729. The second-order valence-corrected chi connectivity index (χ2v) is 8.62. The molecule has 0 atom stereocenters. The number of piperazine rings is 1. The first-order valence-electron chi connectivity index (χ1n) is 8.94. The molecule has 3 aliphatic rings. The number of hydrogen-bond acceptors (Lipinski definition) is 2. The van der Waals surface area contributed by atoms with Crippen LogP contribution in [0.15, 0.2) is 0 Å². The highest BCUT2D eigenvalue weighted by molar-refractivity contribution is 5.04.